The molecule has 2 rings (SSSR count). The summed E-state index contributed by atoms with van der Waals surface area (Å²) in [4.78, 5) is 23.2. The Morgan fingerprint density at radius 1 is 1.15 bits per heavy atom. The predicted molar refractivity (Wildman–Crippen MR) is 94.3 cm³/mol. The zero-order valence-corrected chi connectivity index (χ0v) is 15.2. The van der Waals surface area contributed by atoms with Gasteiger partial charge in [0.15, 0.2) is 17.9 Å². The van der Waals surface area contributed by atoms with Crippen molar-refractivity contribution in [2.45, 2.75) is 33.0 Å². The van der Waals surface area contributed by atoms with Gasteiger partial charge in [-0.1, -0.05) is 12.1 Å². The van der Waals surface area contributed by atoms with Crippen LogP contribution in [0.15, 0.2) is 36.4 Å². The number of rotatable bonds is 6. The number of benzene rings is 2. The predicted octanol–water partition coefficient (Wildman–Crippen LogP) is 4.18. The Labute approximate surface area is 151 Å². The van der Waals surface area contributed by atoms with Gasteiger partial charge in [0.25, 0.3) is 0 Å². The third-order valence-electron chi connectivity index (χ3n) is 3.40. The summed E-state index contributed by atoms with van der Waals surface area (Å²) in [5, 5.41) is 0. The molecular weight excluding hydrogens is 339 g/mol. The third kappa shape index (κ3) is 4.81. The number of carbonyl (C=O) groups excluding carboxylic acids is 2. The largest absolute Gasteiger partial charge is 0.496 e. The molecule has 0 heterocycles. The molecule has 0 aliphatic rings. The Morgan fingerprint density at radius 2 is 1.85 bits per heavy atom. The van der Waals surface area contributed by atoms with Crippen LogP contribution in [0.1, 0.15) is 47.1 Å². The minimum Gasteiger partial charge on any atom is -0.496 e. The highest BCUT2D eigenvalue weighted by molar-refractivity contribution is 5.89. The van der Waals surface area contributed by atoms with Crippen LogP contribution in [0.2, 0.25) is 0 Å². The standard InChI is InChI=1S/C20H21FO5/c1-20(2,3)26-19(23)14-7-5-6-13(10-14)12-25-17-9-8-16(24-4)15(11-22)18(17)21/h5-11H,12H2,1-4H3. The molecule has 5 nitrogen and oxygen atoms in total. The lowest BCUT2D eigenvalue weighted by atomic mass is 10.1. The van der Waals surface area contributed by atoms with E-state index in [-0.39, 0.29) is 23.7 Å². The van der Waals surface area contributed by atoms with E-state index in [9.17, 15) is 14.0 Å². The Balaban J connectivity index is 2.15. The molecule has 0 aromatic heterocycles. The fraction of sp³-hybridized carbons (Fsp3) is 0.300. The molecule has 0 bridgehead atoms. The van der Waals surface area contributed by atoms with Gasteiger partial charge in [0.1, 0.15) is 18.0 Å². The first kappa shape index (κ1) is 19.4. The van der Waals surface area contributed by atoms with Crippen LogP contribution >= 0.6 is 0 Å². The first-order valence-corrected chi connectivity index (χ1v) is 8.02. The van der Waals surface area contributed by atoms with Gasteiger partial charge in [-0.3, -0.25) is 4.79 Å². The Hall–Kier alpha value is -2.89. The fourth-order valence-electron chi connectivity index (χ4n) is 2.24. The van der Waals surface area contributed by atoms with Gasteiger partial charge in [-0.15, -0.1) is 0 Å². The summed E-state index contributed by atoms with van der Waals surface area (Å²) in [6.07, 6.45) is 0.379. The van der Waals surface area contributed by atoms with E-state index in [1.165, 1.54) is 19.2 Å². The zero-order chi connectivity index (χ0) is 19.3. The van der Waals surface area contributed by atoms with Crippen LogP contribution in [-0.2, 0) is 11.3 Å². The van der Waals surface area contributed by atoms with Crippen LogP contribution < -0.4 is 9.47 Å². The number of halogens is 1. The van der Waals surface area contributed by atoms with E-state index in [1.54, 1.807) is 45.0 Å². The Morgan fingerprint density at radius 3 is 2.46 bits per heavy atom. The molecule has 0 saturated carbocycles. The molecule has 0 unspecified atom stereocenters. The van der Waals surface area contributed by atoms with Gasteiger partial charge in [0.2, 0.25) is 0 Å². The van der Waals surface area contributed by atoms with Gasteiger partial charge in [0, 0.05) is 0 Å². The summed E-state index contributed by atoms with van der Waals surface area (Å²) >= 11 is 0. The van der Waals surface area contributed by atoms with Crippen LogP contribution in [0.3, 0.4) is 0 Å². The topological polar surface area (TPSA) is 61.8 Å². The van der Waals surface area contributed by atoms with Crippen molar-refractivity contribution in [3.05, 3.63) is 58.9 Å². The molecule has 2 aromatic rings. The van der Waals surface area contributed by atoms with Crippen molar-refractivity contribution >= 4 is 12.3 Å². The molecule has 0 spiro atoms. The molecule has 2 aromatic carbocycles. The van der Waals surface area contributed by atoms with Crippen molar-refractivity contribution in [1.82, 2.24) is 0 Å². The van der Waals surface area contributed by atoms with Gasteiger partial charge in [-0.05, 0) is 50.6 Å². The molecule has 0 atom stereocenters. The lowest BCUT2D eigenvalue weighted by Gasteiger charge is -2.19. The number of carbonyl (C=O) groups is 2. The maximum Gasteiger partial charge on any atom is 0.338 e. The average molecular weight is 360 g/mol. The van der Waals surface area contributed by atoms with Gasteiger partial charge in [-0.25, -0.2) is 9.18 Å². The monoisotopic (exact) mass is 360 g/mol. The fourth-order valence-corrected chi connectivity index (χ4v) is 2.24. The highest BCUT2D eigenvalue weighted by atomic mass is 19.1. The maximum atomic E-state index is 14.3. The second-order valence-electron chi connectivity index (χ2n) is 6.60. The minimum atomic E-state index is -0.789. The van der Waals surface area contributed by atoms with E-state index in [4.69, 9.17) is 14.2 Å². The van der Waals surface area contributed by atoms with E-state index in [2.05, 4.69) is 0 Å². The third-order valence-corrected chi connectivity index (χ3v) is 3.40. The molecule has 0 aliphatic carbocycles. The zero-order valence-electron chi connectivity index (χ0n) is 15.2. The van der Waals surface area contributed by atoms with Gasteiger partial charge in [0.05, 0.1) is 18.2 Å². The summed E-state index contributed by atoms with van der Waals surface area (Å²) in [7, 11) is 1.35. The number of methoxy groups -OCH3 is 1. The molecule has 0 radical (unpaired) electrons. The Bertz CT molecular complexity index is 808. The second kappa shape index (κ2) is 7.99. The van der Waals surface area contributed by atoms with E-state index < -0.39 is 17.4 Å². The molecule has 138 valence electrons. The van der Waals surface area contributed by atoms with Crippen molar-refractivity contribution in [3.8, 4) is 11.5 Å². The van der Waals surface area contributed by atoms with Crippen LogP contribution in [0.5, 0.6) is 11.5 Å². The van der Waals surface area contributed by atoms with Crippen molar-refractivity contribution in [2.24, 2.45) is 0 Å². The lowest BCUT2D eigenvalue weighted by molar-refractivity contribution is 0.00692. The molecule has 26 heavy (non-hydrogen) atoms. The van der Waals surface area contributed by atoms with Crippen molar-refractivity contribution in [3.63, 3.8) is 0 Å². The Kier molecular flexibility index (Phi) is 5.97. The smallest absolute Gasteiger partial charge is 0.338 e. The van der Waals surface area contributed by atoms with E-state index in [1.807, 2.05) is 0 Å². The van der Waals surface area contributed by atoms with E-state index >= 15 is 0 Å². The van der Waals surface area contributed by atoms with Crippen LogP contribution in [0, 0.1) is 5.82 Å². The van der Waals surface area contributed by atoms with Crippen molar-refractivity contribution < 1.29 is 28.2 Å². The second-order valence-corrected chi connectivity index (χ2v) is 6.60. The van der Waals surface area contributed by atoms with Crippen LogP contribution in [-0.4, -0.2) is 25.0 Å². The normalized spacial score (nSPS) is 11.0. The number of ether oxygens (including phenoxy) is 3. The summed E-state index contributed by atoms with van der Waals surface area (Å²) in [5.74, 6) is -1.17. The summed E-state index contributed by atoms with van der Waals surface area (Å²) < 4.78 is 30.0. The SMILES string of the molecule is COc1ccc(OCc2cccc(C(=O)OC(C)(C)C)c2)c(F)c1C=O. The lowest BCUT2D eigenvalue weighted by Crippen LogP contribution is -2.23. The highest BCUT2D eigenvalue weighted by Crippen LogP contribution is 2.28. The molecule has 0 saturated heterocycles. The van der Waals surface area contributed by atoms with E-state index in [0.29, 0.717) is 17.4 Å². The maximum absolute atomic E-state index is 14.3. The number of hydrogen-bond donors (Lipinski definition) is 0. The molecular formula is C20H21FO5. The molecule has 6 heteroatoms. The summed E-state index contributed by atoms with van der Waals surface area (Å²) in [5.41, 5.74) is 0.245. The summed E-state index contributed by atoms with van der Waals surface area (Å²) in [6.45, 7) is 5.39. The molecule has 0 N–H and O–H groups in total. The quantitative estimate of drug-likeness (QED) is 0.571. The molecule has 0 fully saturated rings. The number of esters is 1. The average Bonchev–Trinajstić information content (AvgIpc) is 2.59. The van der Waals surface area contributed by atoms with Crippen LogP contribution in [0.25, 0.3) is 0 Å². The van der Waals surface area contributed by atoms with Gasteiger partial charge < -0.3 is 14.2 Å². The van der Waals surface area contributed by atoms with E-state index in [0.717, 1.165) is 0 Å². The molecule has 0 aliphatic heterocycles. The molecule has 0 amide bonds. The first-order valence-electron chi connectivity index (χ1n) is 8.02. The first-order chi connectivity index (χ1) is 12.2. The number of hydrogen-bond acceptors (Lipinski definition) is 5. The number of aldehydes is 1. The van der Waals surface area contributed by atoms with Crippen LogP contribution in [0.4, 0.5) is 4.39 Å². The van der Waals surface area contributed by atoms with Crippen molar-refractivity contribution in [1.29, 1.82) is 0 Å². The minimum absolute atomic E-state index is 0.0260. The van der Waals surface area contributed by atoms with Gasteiger partial charge >= 0.3 is 5.97 Å². The highest BCUT2D eigenvalue weighted by Gasteiger charge is 2.18. The summed E-state index contributed by atoms with van der Waals surface area (Å²) in [6, 6.07) is 9.54. The van der Waals surface area contributed by atoms with Gasteiger partial charge in [-0.2, -0.15) is 0 Å². The van der Waals surface area contributed by atoms with Crippen molar-refractivity contribution in [2.75, 3.05) is 7.11 Å².